The van der Waals surface area contributed by atoms with Crippen LogP contribution in [0.15, 0.2) is 42.1 Å². The first-order chi connectivity index (χ1) is 10.2. The van der Waals surface area contributed by atoms with Crippen LogP contribution in [0.3, 0.4) is 0 Å². The Labute approximate surface area is 122 Å². The van der Waals surface area contributed by atoms with Crippen LogP contribution >= 0.6 is 0 Å². The molecular formula is C15H15N3O3. The quantitative estimate of drug-likeness (QED) is 0.654. The van der Waals surface area contributed by atoms with Crippen molar-refractivity contribution in [1.29, 1.82) is 5.26 Å². The van der Waals surface area contributed by atoms with Crippen molar-refractivity contribution in [3.8, 4) is 6.07 Å². The molecule has 1 heterocycles. The van der Waals surface area contributed by atoms with Crippen molar-refractivity contribution < 1.29 is 14.3 Å². The number of ether oxygens (including phenoxy) is 1. The van der Waals surface area contributed by atoms with Gasteiger partial charge in [0.1, 0.15) is 11.6 Å². The molecule has 2 rings (SSSR count). The van der Waals surface area contributed by atoms with Crippen molar-refractivity contribution in [2.45, 2.75) is 0 Å². The Hall–Kier alpha value is -2.65. The molecular weight excluding hydrogens is 270 g/mol. The SMILES string of the molecule is N#C/C(=C/NC(=O)c1ccccc1)C(=O)N1CCOCC1. The van der Waals surface area contributed by atoms with Gasteiger partial charge in [-0.05, 0) is 12.1 Å². The second-order valence-electron chi connectivity index (χ2n) is 4.41. The molecule has 6 nitrogen and oxygen atoms in total. The lowest BCUT2D eigenvalue weighted by Gasteiger charge is -2.26. The molecule has 0 aliphatic carbocycles. The molecule has 1 aromatic carbocycles. The number of morpholine rings is 1. The molecule has 6 heteroatoms. The van der Waals surface area contributed by atoms with Gasteiger partial charge in [0.25, 0.3) is 11.8 Å². The van der Waals surface area contributed by atoms with E-state index in [0.29, 0.717) is 31.9 Å². The molecule has 0 spiro atoms. The van der Waals surface area contributed by atoms with Crippen molar-refractivity contribution in [2.75, 3.05) is 26.3 Å². The number of benzene rings is 1. The fraction of sp³-hybridized carbons (Fsp3) is 0.267. The molecule has 1 aliphatic heterocycles. The molecule has 0 aromatic heterocycles. The number of rotatable bonds is 3. The van der Waals surface area contributed by atoms with E-state index < -0.39 is 5.91 Å². The summed E-state index contributed by atoms with van der Waals surface area (Å²) in [5.74, 6) is -0.757. The van der Waals surface area contributed by atoms with Gasteiger partial charge in [-0.2, -0.15) is 5.26 Å². The molecule has 0 saturated carbocycles. The molecule has 1 aliphatic rings. The fourth-order valence-corrected chi connectivity index (χ4v) is 1.89. The summed E-state index contributed by atoms with van der Waals surface area (Å²) in [4.78, 5) is 25.5. The molecule has 0 atom stereocenters. The number of carbonyl (C=O) groups excluding carboxylic acids is 2. The minimum Gasteiger partial charge on any atom is -0.378 e. The minimum atomic E-state index is -0.394. The fourth-order valence-electron chi connectivity index (χ4n) is 1.89. The van der Waals surface area contributed by atoms with Crippen LogP contribution in [0.2, 0.25) is 0 Å². The normalized spacial score (nSPS) is 15.2. The zero-order valence-electron chi connectivity index (χ0n) is 11.4. The monoisotopic (exact) mass is 285 g/mol. The van der Waals surface area contributed by atoms with Gasteiger partial charge >= 0.3 is 0 Å². The maximum Gasteiger partial charge on any atom is 0.266 e. The van der Waals surface area contributed by atoms with Crippen LogP contribution in [0.25, 0.3) is 0 Å². The molecule has 2 amide bonds. The van der Waals surface area contributed by atoms with Gasteiger partial charge in [0.05, 0.1) is 13.2 Å². The molecule has 0 radical (unpaired) electrons. The molecule has 108 valence electrons. The third-order valence-corrected chi connectivity index (χ3v) is 3.03. The average Bonchev–Trinajstić information content (AvgIpc) is 2.56. The number of hydrogen-bond donors (Lipinski definition) is 1. The zero-order chi connectivity index (χ0) is 15.1. The number of carbonyl (C=O) groups is 2. The summed E-state index contributed by atoms with van der Waals surface area (Å²) in [6, 6.07) is 10.4. The molecule has 1 fully saturated rings. The summed E-state index contributed by atoms with van der Waals surface area (Å²) in [7, 11) is 0. The number of nitrogens with one attached hydrogen (secondary N) is 1. The van der Waals surface area contributed by atoms with Crippen LogP contribution in [0.5, 0.6) is 0 Å². The minimum absolute atomic E-state index is 0.0961. The second kappa shape index (κ2) is 7.22. The Morgan fingerprint density at radius 2 is 1.90 bits per heavy atom. The van der Waals surface area contributed by atoms with E-state index in [4.69, 9.17) is 10.00 Å². The van der Waals surface area contributed by atoms with E-state index in [1.165, 1.54) is 4.90 Å². The van der Waals surface area contributed by atoms with Crippen LogP contribution in [0.1, 0.15) is 10.4 Å². The summed E-state index contributed by atoms with van der Waals surface area (Å²) in [6.45, 7) is 1.82. The van der Waals surface area contributed by atoms with Crippen LogP contribution in [-0.2, 0) is 9.53 Å². The second-order valence-corrected chi connectivity index (χ2v) is 4.41. The van der Waals surface area contributed by atoms with Crippen molar-refractivity contribution in [3.05, 3.63) is 47.7 Å². The van der Waals surface area contributed by atoms with Gasteiger partial charge in [-0.3, -0.25) is 9.59 Å². The first-order valence-electron chi connectivity index (χ1n) is 6.55. The van der Waals surface area contributed by atoms with E-state index in [1.807, 2.05) is 6.07 Å². The Morgan fingerprint density at radius 1 is 1.24 bits per heavy atom. The predicted molar refractivity (Wildman–Crippen MR) is 75.0 cm³/mol. The van der Waals surface area contributed by atoms with E-state index in [2.05, 4.69) is 5.32 Å². The van der Waals surface area contributed by atoms with Crippen molar-refractivity contribution in [2.24, 2.45) is 0 Å². The number of nitrogens with zero attached hydrogens (tertiary/aromatic N) is 2. The smallest absolute Gasteiger partial charge is 0.266 e. The molecule has 1 aromatic rings. The van der Waals surface area contributed by atoms with Gasteiger partial charge in [-0.25, -0.2) is 0 Å². The average molecular weight is 285 g/mol. The van der Waals surface area contributed by atoms with Crippen LogP contribution < -0.4 is 5.32 Å². The highest BCUT2D eigenvalue weighted by atomic mass is 16.5. The van der Waals surface area contributed by atoms with E-state index in [9.17, 15) is 9.59 Å². The van der Waals surface area contributed by atoms with Gasteiger partial charge < -0.3 is 15.0 Å². The van der Waals surface area contributed by atoms with Crippen LogP contribution in [0.4, 0.5) is 0 Å². The third-order valence-electron chi connectivity index (χ3n) is 3.03. The lowest BCUT2D eigenvalue weighted by molar-refractivity contribution is -0.130. The third kappa shape index (κ3) is 3.91. The first kappa shape index (κ1) is 14.8. The zero-order valence-corrected chi connectivity index (χ0v) is 11.4. The van der Waals surface area contributed by atoms with E-state index >= 15 is 0 Å². The summed E-state index contributed by atoms with van der Waals surface area (Å²) < 4.78 is 5.15. The molecule has 21 heavy (non-hydrogen) atoms. The number of nitriles is 1. The molecule has 0 unspecified atom stereocenters. The molecule has 1 saturated heterocycles. The van der Waals surface area contributed by atoms with Crippen LogP contribution in [0, 0.1) is 11.3 Å². The maximum absolute atomic E-state index is 12.1. The van der Waals surface area contributed by atoms with Gasteiger partial charge in [0, 0.05) is 24.9 Å². The molecule has 1 N–H and O–H groups in total. The van der Waals surface area contributed by atoms with Crippen LogP contribution in [-0.4, -0.2) is 43.0 Å². The van der Waals surface area contributed by atoms with Crippen molar-refractivity contribution in [3.63, 3.8) is 0 Å². The summed E-state index contributed by atoms with van der Waals surface area (Å²) in [5, 5.41) is 11.5. The lowest BCUT2D eigenvalue weighted by Crippen LogP contribution is -2.41. The number of hydrogen-bond acceptors (Lipinski definition) is 4. The molecule has 0 bridgehead atoms. The highest BCUT2D eigenvalue weighted by Crippen LogP contribution is 2.05. The highest BCUT2D eigenvalue weighted by Gasteiger charge is 2.20. The van der Waals surface area contributed by atoms with Crippen molar-refractivity contribution >= 4 is 11.8 Å². The van der Waals surface area contributed by atoms with E-state index in [0.717, 1.165) is 6.20 Å². The largest absolute Gasteiger partial charge is 0.378 e. The van der Waals surface area contributed by atoms with Gasteiger partial charge in [0.15, 0.2) is 0 Å². The highest BCUT2D eigenvalue weighted by molar-refractivity contribution is 5.99. The van der Waals surface area contributed by atoms with Gasteiger partial charge in [-0.15, -0.1) is 0 Å². The first-order valence-corrected chi connectivity index (χ1v) is 6.55. The lowest BCUT2D eigenvalue weighted by atomic mass is 10.2. The Balaban J connectivity index is 2.02. The topological polar surface area (TPSA) is 82.4 Å². The standard InChI is InChI=1S/C15H15N3O3/c16-10-13(15(20)18-6-8-21-9-7-18)11-17-14(19)12-4-2-1-3-5-12/h1-5,11H,6-9H2,(H,17,19)/b13-11-. The Morgan fingerprint density at radius 3 is 2.52 bits per heavy atom. The summed E-state index contributed by atoms with van der Waals surface area (Å²) in [6.07, 6.45) is 1.16. The summed E-state index contributed by atoms with van der Waals surface area (Å²) in [5.41, 5.74) is 0.367. The maximum atomic E-state index is 12.1. The van der Waals surface area contributed by atoms with Gasteiger partial charge in [-0.1, -0.05) is 18.2 Å². The summed E-state index contributed by atoms with van der Waals surface area (Å²) >= 11 is 0. The van der Waals surface area contributed by atoms with Crippen molar-refractivity contribution in [1.82, 2.24) is 10.2 Å². The predicted octanol–water partition coefficient (Wildman–Crippen LogP) is 0.683. The van der Waals surface area contributed by atoms with E-state index in [1.54, 1.807) is 30.3 Å². The Kier molecular flexibility index (Phi) is 5.07. The van der Waals surface area contributed by atoms with E-state index in [-0.39, 0.29) is 11.5 Å². The number of amides is 2. The Bertz CT molecular complexity index is 584. The van der Waals surface area contributed by atoms with Gasteiger partial charge in [0.2, 0.25) is 0 Å².